The van der Waals surface area contributed by atoms with E-state index in [0.29, 0.717) is 4.80 Å². The number of nitro benzene ring substituents is 1. The number of halogens is 1. The van der Waals surface area contributed by atoms with Crippen LogP contribution in [0.1, 0.15) is 30.6 Å². The number of ether oxygens (including phenoxy) is 1. The van der Waals surface area contributed by atoms with E-state index in [2.05, 4.69) is 10.2 Å². The van der Waals surface area contributed by atoms with Crippen molar-refractivity contribution < 1.29 is 23.0 Å². The van der Waals surface area contributed by atoms with Gasteiger partial charge in [-0.25, -0.2) is 4.79 Å². The average Bonchev–Trinajstić information content (AvgIpc) is 2.97. The summed E-state index contributed by atoms with van der Waals surface area (Å²) in [5.74, 6) is -1.18. The molecule has 10 heteroatoms. The highest BCUT2D eigenvalue weighted by Crippen LogP contribution is 2.29. The van der Waals surface area contributed by atoms with Gasteiger partial charge in [0, 0.05) is 29.8 Å². The molecule has 0 aliphatic carbocycles. The molecule has 9 nitrogen and oxygen atoms in total. The number of amides is 1. The number of hydrogen-bond donors (Lipinski definition) is 0. The van der Waals surface area contributed by atoms with Crippen LogP contribution in [0.15, 0.2) is 18.2 Å². The van der Waals surface area contributed by atoms with Gasteiger partial charge in [0.05, 0.1) is 11.5 Å². The number of benzene rings is 1. The monoisotopic (exact) mass is 368 g/mol. The van der Waals surface area contributed by atoms with Crippen LogP contribution in [0.25, 0.3) is 11.3 Å². The molecule has 0 N–H and O–H groups in total. The van der Waals surface area contributed by atoms with Crippen LogP contribution in [0, 0.1) is 15.9 Å². The van der Waals surface area contributed by atoms with E-state index in [4.69, 9.17) is 8.85 Å². The standard InChI is InChI=1S/C16H20FN5O4/c1-16(2,3)26-15(23)20(4)9-11-14(19-21(5)18-11)10-7-6-8-12(13(10)17)22(24)25/h6-8H,9H2,1-5H3/i5D3. The molecule has 1 aromatic heterocycles. The first-order chi connectivity index (χ1) is 13.2. The second-order valence-corrected chi connectivity index (χ2v) is 6.52. The fraction of sp³-hybridized carbons (Fsp3) is 0.438. The highest BCUT2D eigenvalue weighted by molar-refractivity contribution is 5.69. The molecular weight excluding hydrogens is 345 g/mol. The molecule has 0 atom stereocenters. The molecule has 2 rings (SSSR count). The van der Waals surface area contributed by atoms with Crippen molar-refractivity contribution in [3.05, 3.63) is 39.8 Å². The van der Waals surface area contributed by atoms with Gasteiger partial charge in [-0.05, 0) is 26.8 Å². The van der Waals surface area contributed by atoms with Crippen molar-refractivity contribution in [2.45, 2.75) is 32.9 Å². The highest BCUT2D eigenvalue weighted by Gasteiger charge is 2.25. The minimum Gasteiger partial charge on any atom is -0.444 e. The van der Waals surface area contributed by atoms with Crippen molar-refractivity contribution in [2.75, 3.05) is 7.05 Å². The van der Waals surface area contributed by atoms with E-state index < -0.39 is 35.1 Å². The summed E-state index contributed by atoms with van der Waals surface area (Å²) in [4.78, 5) is 23.8. The lowest BCUT2D eigenvalue weighted by Crippen LogP contribution is -2.34. The third-order valence-electron chi connectivity index (χ3n) is 3.21. The van der Waals surface area contributed by atoms with E-state index >= 15 is 0 Å². The van der Waals surface area contributed by atoms with Gasteiger partial charge < -0.3 is 9.64 Å². The second kappa shape index (κ2) is 7.06. The summed E-state index contributed by atoms with van der Waals surface area (Å²) in [6.07, 6.45) is -0.716. The normalized spacial score (nSPS) is 13.5. The molecule has 1 heterocycles. The van der Waals surface area contributed by atoms with Gasteiger partial charge in [0.15, 0.2) is 0 Å². The second-order valence-electron chi connectivity index (χ2n) is 6.52. The Labute approximate surface area is 153 Å². The minimum absolute atomic E-state index is 0.0612. The van der Waals surface area contributed by atoms with Gasteiger partial charge in [-0.1, -0.05) is 6.07 Å². The number of rotatable bonds is 4. The molecule has 1 amide bonds. The van der Waals surface area contributed by atoms with Gasteiger partial charge in [0.2, 0.25) is 5.82 Å². The summed E-state index contributed by atoms with van der Waals surface area (Å²) < 4.78 is 42.2. The lowest BCUT2D eigenvalue weighted by atomic mass is 10.1. The zero-order chi connectivity index (χ0) is 22.1. The quantitative estimate of drug-likeness (QED) is 0.607. The minimum atomic E-state index is -2.77. The first-order valence-corrected chi connectivity index (χ1v) is 7.55. The SMILES string of the molecule is [2H]C([2H])([2H])n1nc(CN(C)C(=O)OC(C)(C)C)c(-c2cccc([N+](=O)[O-])c2F)n1. The van der Waals surface area contributed by atoms with E-state index in [9.17, 15) is 19.3 Å². The zero-order valence-electron chi connectivity index (χ0n) is 17.7. The predicted octanol–water partition coefficient (Wildman–Crippen LogP) is 2.90. The summed E-state index contributed by atoms with van der Waals surface area (Å²) in [6.45, 7) is 1.99. The van der Waals surface area contributed by atoms with Crippen molar-refractivity contribution in [2.24, 2.45) is 6.98 Å². The third kappa shape index (κ3) is 4.32. The topological polar surface area (TPSA) is 103 Å². The van der Waals surface area contributed by atoms with E-state index in [1.807, 2.05) is 0 Å². The Morgan fingerprint density at radius 3 is 2.73 bits per heavy atom. The molecule has 0 saturated heterocycles. The molecule has 26 heavy (non-hydrogen) atoms. The molecule has 0 aliphatic rings. The van der Waals surface area contributed by atoms with Crippen LogP contribution in [0.3, 0.4) is 0 Å². The number of aryl methyl sites for hydroxylation is 1. The van der Waals surface area contributed by atoms with Crippen molar-refractivity contribution in [3.8, 4) is 11.3 Å². The van der Waals surface area contributed by atoms with Crippen molar-refractivity contribution in [1.82, 2.24) is 19.9 Å². The largest absolute Gasteiger partial charge is 0.444 e. The number of nitro groups is 1. The van der Waals surface area contributed by atoms with E-state index in [0.717, 1.165) is 11.0 Å². The van der Waals surface area contributed by atoms with Crippen LogP contribution in [0.4, 0.5) is 14.9 Å². The number of nitrogens with zero attached hydrogens (tertiary/aromatic N) is 5. The highest BCUT2D eigenvalue weighted by atomic mass is 19.1. The molecule has 0 unspecified atom stereocenters. The van der Waals surface area contributed by atoms with Gasteiger partial charge in [-0.2, -0.15) is 19.4 Å². The van der Waals surface area contributed by atoms with E-state index in [-0.39, 0.29) is 23.5 Å². The molecular formula is C16H20FN5O4. The van der Waals surface area contributed by atoms with Crippen molar-refractivity contribution in [1.29, 1.82) is 0 Å². The fourth-order valence-corrected chi connectivity index (χ4v) is 2.13. The first kappa shape index (κ1) is 15.2. The Morgan fingerprint density at radius 1 is 1.46 bits per heavy atom. The maximum atomic E-state index is 14.6. The number of aromatic nitrogens is 3. The third-order valence-corrected chi connectivity index (χ3v) is 3.21. The molecule has 1 aromatic carbocycles. The van der Waals surface area contributed by atoms with Crippen LogP contribution >= 0.6 is 0 Å². The van der Waals surface area contributed by atoms with Gasteiger partial charge in [-0.15, -0.1) is 0 Å². The molecule has 0 saturated carbocycles. The summed E-state index contributed by atoms with van der Waals surface area (Å²) in [6, 6.07) is 3.43. The van der Waals surface area contributed by atoms with Crippen LogP contribution in [-0.4, -0.2) is 43.6 Å². The fourth-order valence-electron chi connectivity index (χ4n) is 2.13. The molecule has 0 bridgehead atoms. The summed E-state index contributed by atoms with van der Waals surface area (Å²) in [7, 11) is 1.38. The summed E-state index contributed by atoms with van der Waals surface area (Å²) >= 11 is 0. The Kier molecular flexibility index (Phi) is 4.14. The van der Waals surface area contributed by atoms with Crippen LogP contribution in [-0.2, 0) is 18.3 Å². The summed E-state index contributed by atoms with van der Waals surface area (Å²) in [5, 5.41) is 18.7. The Balaban J connectivity index is 2.51. The number of carbonyl (C=O) groups excluding carboxylic acids is 1. The Hall–Kier alpha value is -3.04. The molecule has 0 aliphatic heterocycles. The van der Waals surface area contributed by atoms with Gasteiger partial charge in [0.1, 0.15) is 17.0 Å². The summed E-state index contributed by atoms with van der Waals surface area (Å²) in [5.41, 5.74) is -2.15. The molecule has 0 fully saturated rings. The Bertz CT molecular complexity index is 940. The molecule has 0 radical (unpaired) electrons. The maximum Gasteiger partial charge on any atom is 0.410 e. The van der Waals surface area contributed by atoms with Gasteiger partial charge in [0.25, 0.3) is 0 Å². The zero-order valence-corrected chi connectivity index (χ0v) is 14.7. The van der Waals surface area contributed by atoms with Crippen LogP contribution in [0.5, 0.6) is 0 Å². The Morgan fingerprint density at radius 2 is 2.15 bits per heavy atom. The molecule has 140 valence electrons. The van der Waals surface area contributed by atoms with Crippen molar-refractivity contribution in [3.63, 3.8) is 0 Å². The van der Waals surface area contributed by atoms with E-state index in [1.54, 1.807) is 20.8 Å². The van der Waals surface area contributed by atoms with Crippen LogP contribution < -0.4 is 0 Å². The predicted molar refractivity (Wildman–Crippen MR) is 90.8 cm³/mol. The lowest BCUT2D eigenvalue weighted by Gasteiger charge is -2.24. The smallest absolute Gasteiger partial charge is 0.410 e. The molecule has 0 spiro atoms. The first-order valence-electron chi connectivity index (χ1n) is 9.05. The molecule has 2 aromatic rings. The van der Waals surface area contributed by atoms with Gasteiger partial charge in [-0.3, -0.25) is 10.1 Å². The van der Waals surface area contributed by atoms with Crippen molar-refractivity contribution >= 4 is 11.8 Å². The van der Waals surface area contributed by atoms with E-state index in [1.165, 1.54) is 19.2 Å². The van der Waals surface area contributed by atoms with Gasteiger partial charge >= 0.3 is 11.8 Å². The number of carbonyl (C=O) groups is 1. The number of hydrogen-bond acceptors (Lipinski definition) is 6. The maximum absolute atomic E-state index is 14.6. The average molecular weight is 368 g/mol. The van der Waals surface area contributed by atoms with Crippen LogP contribution in [0.2, 0.25) is 0 Å². The lowest BCUT2D eigenvalue weighted by molar-refractivity contribution is -0.387.